The molecule has 0 amide bonds. The lowest BCUT2D eigenvalue weighted by atomic mass is 10.1. The fourth-order valence-corrected chi connectivity index (χ4v) is 4.93. The first-order valence-corrected chi connectivity index (χ1v) is 13.7. The molecule has 12 heteroatoms. The molecule has 1 atom stereocenters. The first-order valence-electron chi connectivity index (χ1n) is 11.0. The topological polar surface area (TPSA) is 116 Å². The number of hydrogen-bond donors (Lipinski definition) is 0. The van der Waals surface area contributed by atoms with Gasteiger partial charge in [0.2, 0.25) is 4.96 Å². The number of ether oxygens (including phenoxy) is 1. The Morgan fingerprint density at radius 2 is 1.91 bits per heavy atom. The second-order valence-corrected chi connectivity index (χ2v) is 11.5. The molecule has 0 aliphatic carbocycles. The van der Waals surface area contributed by atoms with E-state index in [9.17, 15) is 8.42 Å². The summed E-state index contributed by atoms with van der Waals surface area (Å²) in [5.74, 6) is 0.888. The second kappa shape index (κ2) is 8.93. The van der Waals surface area contributed by atoms with E-state index in [4.69, 9.17) is 9.26 Å². The van der Waals surface area contributed by atoms with Crippen molar-refractivity contribution in [3.8, 4) is 16.5 Å². The molecule has 5 rings (SSSR count). The number of sulfone groups is 1. The Labute approximate surface area is 206 Å². The van der Waals surface area contributed by atoms with Crippen LogP contribution in [-0.4, -0.2) is 52.1 Å². The van der Waals surface area contributed by atoms with Crippen LogP contribution in [0.25, 0.3) is 16.2 Å². The third kappa shape index (κ3) is 4.84. The maximum atomic E-state index is 11.7. The van der Waals surface area contributed by atoms with Crippen LogP contribution in [0, 0.1) is 0 Å². The zero-order chi connectivity index (χ0) is 24.7. The highest BCUT2D eigenvalue weighted by Gasteiger charge is 2.20. The molecule has 1 aromatic carbocycles. The highest BCUT2D eigenvalue weighted by molar-refractivity contribution is 7.90. The molecule has 0 saturated carbocycles. The minimum absolute atomic E-state index is 0.205. The smallest absolute Gasteiger partial charge is 0.328 e. The van der Waals surface area contributed by atoms with E-state index in [-0.39, 0.29) is 16.9 Å². The molecule has 182 valence electrons. The minimum atomic E-state index is -3.24. The van der Waals surface area contributed by atoms with Crippen molar-refractivity contribution in [3.63, 3.8) is 0 Å². The quantitative estimate of drug-likeness (QED) is 0.361. The molecule has 0 N–H and O–H groups in total. The van der Waals surface area contributed by atoms with Crippen LogP contribution in [0.5, 0.6) is 5.19 Å². The first-order chi connectivity index (χ1) is 16.7. The van der Waals surface area contributed by atoms with Crippen molar-refractivity contribution in [2.75, 3.05) is 17.7 Å². The lowest BCUT2D eigenvalue weighted by Gasteiger charge is -2.21. The Bertz CT molecular complexity index is 1500. The van der Waals surface area contributed by atoms with E-state index < -0.39 is 9.84 Å². The number of benzene rings is 1. The summed E-state index contributed by atoms with van der Waals surface area (Å²) in [6.07, 6.45) is 8.70. The Morgan fingerprint density at radius 3 is 2.51 bits per heavy atom. The van der Waals surface area contributed by atoms with Crippen molar-refractivity contribution >= 4 is 32.1 Å². The molecule has 0 fully saturated rings. The van der Waals surface area contributed by atoms with Crippen LogP contribution in [0.4, 0.5) is 6.01 Å². The van der Waals surface area contributed by atoms with Gasteiger partial charge in [-0.2, -0.15) is 4.98 Å². The van der Waals surface area contributed by atoms with Crippen molar-refractivity contribution in [3.05, 3.63) is 60.2 Å². The van der Waals surface area contributed by atoms with E-state index in [1.54, 1.807) is 35.0 Å². The summed E-state index contributed by atoms with van der Waals surface area (Å²) >= 11 is 1.34. The molecule has 0 saturated heterocycles. The molecule has 1 aliphatic heterocycles. The Kier molecular flexibility index (Phi) is 5.93. The minimum Gasteiger partial charge on any atom is -0.461 e. The molecule has 3 aromatic heterocycles. The summed E-state index contributed by atoms with van der Waals surface area (Å²) < 4.78 is 36.4. The van der Waals surface area contributed by atoms with Crippen molar-refractivity contribution < 1.29 is 17.7 Å². The summed E-state index contributed by atoms with van der Waals surface area (Å²) in [4.78, 5) is 11.9. The largest absolute Gasteiger partial charge is 0.461 e. The van der Waals surface area contributed by atoms with Crippen LogP contribution in [0.3, 0.4) is 0 Å². The number of imidazole rings is 1. The van der Waals surface area contributed by atoms with Gasteiger partial charge >= 0.3 is 6.01 Å². The standard InChI is InChI=1S/C23H24N6O4S2/c1-14(2)20-25-21(33-27-20)28-11-9-16(10-12-28)15(3)32-23-26-29-13-19(24-22(29)34-23)17-5-7-18(8-6-17)35(4,30)31/h5-11,13-15H,12H2,1-4H3/t15-/m1/s1. The summed E-state index contributed by atoms with van der Waals surface area (Å²) in [5, 5.41) is 9.01. The van der Waals surface area contributed by atoms with Crippen LogP contribution < -0.4 is 9.64 Å². The number of anilines is 1. The third-order valence-corrected chi connectivity index (χ3v) is 7.46. The van der Waals surface area contributed by atoms with Crippen molar-refractivity contribution in [1.29, 1.82) is 0 Å². The average Bonchev–Trinajstić information content (AvgIpc) is 3.54. The van der Waals surface area contributed by atoms with Gasteiger partial charge in [0.1, 0.15) is 6.10 Å². The van der Waals surface area contributed by atoms with E-state index >= 15 is 0 Å². The molecular weight excluding hydrogens is 488 g/mol. The van der Waals surface area contributed by atoms with Gasteiger partial charge in [-0.25, -0.2) is 17.9 Å². The van der Waals surface area contributed by atoms with Crippen LogP contribution in [0.15, 0.2) is 63.8 Å². The predicted molar refractivity (Wildman–Crippen MR) is 132 cm³/mol. The Morgan fingerprint density at radius 1 is 1.14 bits per heavy atom. The average molecular weight is 513 g/mol. The molecule has 0 bridgehead atoms. The van der Waals surface area contributed by atoms with E-state index in [0.29, 0.717) is 34.2 Å². The second-order valence-electron chi connectivity index (χ2n) is 8.54. The molecule has 4 heterocycles. The van der Waals surface area contributed by atoms with Crippen LogP contribution in [0.1, 0.15) is 32.5 Å². The predicted octanol–water partition coefficient (Wildman–Crippen LogP) is 4.10. The molecule has 10 nitrogen and oxygen atoms in total. The van der Waals surface area contributed by atoms with E-state index in [1.165, 1.54) is 17.6 Å². The monoisotopic (exact) mass is 512 g/mol. The molecule has 1 aliphatic rings. The van der Waals surface area contributed by atoms with Gasteiger partial charge in [-0.1, -0.05) is 37.2 Å². The normalized spacial score (nSPS) is 15.1. The van der Waals surface area contributed by atoms with Gasteiger partial charge in [-0.3, -0.25) is 4.90 Å². The molecule has 0 unspecified atom stereocenters. The van der Waals surface area contributed by atoms with Crippen LogP contribution >= 0.6 is 11.3 Å². The molecule has 0 radical (unpaired) electrons. The zero-order valence-corrected chi connectivity index (χ0v) is 21.2. The molecule has 0 spiro atoms. The van der Waals surface area contributed by atoms with Crippen molar-refractivity contribution in [1.82, 2.24) is 24.7 Å². The van der Waals surface area contributed by atoms with Gasteiger partial charge < -0.3 is 9.26 Å². The summed E-state index contributed by atoms with van der Waals surface area (Å²) in [6, 6.07) is 7.11. The lowest BCUT2D eigenvalue weighted by Crippen LogP contribution is -2.23. The fraction of sp³-hybridized carbons (Fsp3) is 0.304. The van der Waals surface area contributed by atoms with Crippen LogP contribution in [-0.2, 0) is 9.84 Å². The van der Waals surface area contributed by atoms with Gasteiger partial charge in [-0.05, 0) is 42.0 Å². The summed E-state index contributed by atoms with van der Waals surface area (Å²) in [7, 11) is -3.24. The highest BCUT2D eigenvalue weighted by atomic mass is 32.2. The Balaban J connectivity index is 1.24. The van der Waals surface area contributed by atoms with Gasteiger partial charge in [0.05, 0.1) is 16.8 Å². The Hall–Kier alpha value is -3.51. The number of rotatable bonds is 7. The van der Waals surface area contributed by atoms with Gasteiger partial charge in [-0.15, -0.1) is 5.10 Å². The van der Waals surface area contributed by atoms with E-state index in [0.717, 1.165) is 11.1 Å². The molecule has 35 heavy (non-hydrogen) atoms. The van der Waals surface area contributed by atoms with Crippen molar-refractivity contribution in [2.24, 2.45) is 0 Å². The maximum absolute atomic E-state index is 11.7. The van der Waals surface area contributed by atoms with Crippen LogP contribution in [0.2, 0.25) is 0 Å². The molecular formula is C23H24N6O4S2. The third-order valence-electron chi connectivity index (χ3n) is 5.51. The number of aromatic nitrogens is 5. The SMILES string of the molecule is CC(C)c1noc(N2C=CC([C@@H](C)Oc3nn4cc(-c5ccc(S(C)(=O)=O)cc5)nc4s3)=CC2)n1. The highest BCUT2D eigenvalue weighted by Crippen LogP contribution is 2.28. The van der Waals surface area contributed by atoms with Gasteiger partial charge in [0.25, 0.3) is 5.19 Å². The number of hydrogen-bond acceptors (Lipinski definition) is 10. The van der Waals surface area contributed by atoms with Crippen molar-refractivity contribution in [2.45, 2.75) is 37.7 Å². The summed E-state index contributed by atoms with van der Waals surface area (Å²) in [6.45, 7) is 6.61. The van der Waals surface area contributed by atoms with E-state index in [2.05, 4.69) is 26.3 Å². The molecule has 4 aromatic rings. The summed E-state index contributed by atoms with van der Waals surface area (Å²) in [5.41, 5.74) is 2.54. The zero-order valence-electron chi connectivity index (χ0n) is 19.6. The van der Waals surface area contributed by atoms with E-state index in [1.807, 2.05) is 37.9 Å². The van der Waals surface area contributed by atoms with Gasteiger partial charge in [0, 0.05) is 30.5 Å². The first kappa shape index (κ1) is 23.2. The number of fused-ring (bicyclic) bond motifs is 1. The number of nitrogens with zero attached hydrogens (tertiary/aromatic N) is 6. The lowest BCUT2D eigenvalue weighted by molar-refractivity contribution is 0.256. The fourth-order valence-electron chi connectivity index (χ4n) is 3.49. The maximum Gasteiger partial charge on any atom is 0.328 e. The van der Waals surface area contributed by atoms with Gasteiger partial charge in [0.15, 0.2) is 15.7 Å².